The third-order valence-corrected chi connectivity index (χ3v) is 6.61. The van der Waals surface area contributed by atoms with E-state index in [1.165, 1.54) is 4.90 Å². The van der Waals surface area contributed by atoms with Gasteiger partial charge in [0.15, 0.2) is 0 Å². The summed E-state index contributed by atoms with van der Waals surface area (Å²) in [5, 5.41) is 11.2. The highest BCUT2D eigenvalue weighted by Gasteiger charge is 2.30. The second-order valence-electron chi connectivity index (χ2n) is 10.5. The van der Waals surface area contributed by atoms with Crippen LogP contribution in [0.25, 0.3) is 21.9 Å². The maximum atomic E-state index is 13.8. The minimum atomic E-state index is -3.40. The van der Waals surface area contributed by atoms with Gasteiger partial charge in [-0.15, -0.1) is 0 Å². The van der Waals surface area contributed by atoms with Crippen molar-refractivity contribution in [3.8, 4) is 11.1 Å². The van der Waals surface area contributed by atoms with Crippen molar-refractivity contribution < 1.29 is 18.3 Å². The van der Waals surface area contributed by atoms with Crippen molar-refractivity contribution in [2.24, 2.45) is 5.92 Å². The number of sulfonamides is 1. The highest BCUT2D eigenvalue weighted by molar-refractivity contribution is 7.88. The van der Waals surface area contributed by atoms with Crippen LogP contribution < -0.4 is 10.3 Å². The Labute approximate surface area is 212 Å². The molecule has 3 aromatic rings. The van der Waals surface area contributed by atoms with Gasteiger partial charge in [-0.25, -0.2) is 17.9 Å². The molecule has 9 heteroatoms. The summed E-state index contributed by atoms with van der Waals surface area (Å²) in [5.74, 6) is 0.147. The van der Waals surface area contributed by atoms with Gasteiger partial charge in [-0.1, -0.05) is 50.2 Å². The van der Waals surface area contributed by atoms with Crippen LogP contribution in [0.5, 0.6) is 0 Å². The lowest BCUT2D eigenvalue weighted by molar-refractivity contribution is 0.0937. The van der Waals surface area contributed by atoms with Gasteiger partial charge in [-0.2, -0.15) is 0 Å². The van der Waals surface area contributed by atoms with E-state index < -0.39 is 21.7 Å². The molecule has 0 saturated carbocycles. The first-order chi connectivity index (χ1) is 16.7. The maximum Gasteiger partial charge on any atom is 0.408 e. The molecule has 0 fully saturated rings. The minimum absolute atomic E-state index is 0.0206. The second-order valence-corrected chi connectivity index (χ2v) is 12.3. The van der Waals surface area contributed by atoms with Gasteiger partial charge < -0.3 is 9.67 Å². The molecule has 3 rings (SSSR count). The molecule has 1 amide bonds. The van der Waals surface area contributed by atoms with E-state index >= 15 is 0 Å². The van der Waals surface area contributed by atoms with E-state index in [1.807, 2.05) is 71.0 Å². The number of nitrogens with zero attached hydrogens (tertiary/aromatic N) is 2. The largest absolute Gasteiger partial charge is 0.465 e. The molecule has 8 nitrogen and oxygen atoms in total. The standard InChI is InChI=1S/C27H35N3O5S/c1-18(2)16-29-23(17-30(26(32)33)27(3,4)5)24(20-10-8-7-9-11-20)22-14-19(15-28-36(6,34)35)12-13-21(22)25(29)31/h7-14,18,28H,15-17H2,1-6H3,(H,32,33). The summed E-state index contributed by atoms with van der Waals surface area (Å²) in [7, 11) is -3.40. The maximum absolute atomic E-state index is 13.8. The molecule has 194 valence electrons. The first-order valence-electron chi connectivity index (χ1n) is 11.9. The molecule has 0 bridgehead atoms. The lowest BCUT2D eigenvalue weighted by atomic mass is 9.94. The summed E-state index contributed by atoms with van der Waals surface area (Å²) < 4.78 is 27.5. The molecule has 36 heavy (non-hydrogen) atoms. The highest BCUT2D eigenvalue weighted by Crippen LogP contribution is 2.33. The van der Waals surface area contributed by atoms with Gasteiger partial charge in [0.1, 0.15) is 0 Å². The predicted octanol–water partition coefficient (Wildman–Crippen LogP) is 4.65. The van der Waals surface area contributed by atoms with Crippen LogP contribution in [0.1, 0.15) is 45.9 Å². The lowest BCUT2D eigenvalue weighted by Gasteiger charge is -2.35. The van der Waals surface area contributed by atoms with E-state index in [0.29, 0.717) is 28.6 Å². The van der Waals surface area contributed by atoms with Crippen LogP contribution in [0.4, 0.5) is 4.79 Å². The molecule has 0 unspecified atom stereocenters. The molecule has 0 aliphatic rings. The number of aromatic nitrogens is 1. The Hall–Kier alpha value is -3.17. The number of pyridine rings is 1. The van der Waals surface area contributed by atoms with E-state index in [-0.39, 0.29) is 24.6 Å². The molecule has 0 radical (unpaired) electrons. The van der Waals surface area contributed by atoms with Gasteiger partial charge in [0.25, 0.3) is 5.56 Å². The van der Waals surface area contributed by atoms with Gasteiger partial charge in [-0.05, 0) is 55.3 Å². The van der Waals surface area contributed by atoms with Crippen LogP contribution in [0, 0.1) is 5.92 Å². The number of hydrogen-bond donors (Lipinski definition) is 2. The van der Waals surface area contributed by atoms with Gasteiger partial charge in [-0.3, -0.25) is 9.69 Å². The Morgan fingerprint density at radius 2 is 1.72 bits per heavy atom. The van der Waals surface area contributed by atoms with Crippen LogP contribution in [0.15, 0.2) is 53.3 Å². The van der Waals surface area contributed by atoms with Crippen molar-refractivity contribution in [3.63, 3.8) is 0 Å². The SMILES string of the molecule is CC(C)Cn1c(CN(C(=O)O)C(C)(C)C)c(-c2ccccc2)c2cc(CNS(C)(=O)=O)ccc2c1=O. The zero-order valence-electron chi connectivity index (χ0n) is 21.7. The average Bonchev–Trinajstić information content (AvgIpc) is 2.77. The lowest BCUT2D eigenvalue weighted by Crippen LogP contribution is -2.45. The first-order valence-corrected chi connectivity index (χ1v) is 13.8. The number of fused-ring (bicyclic) bond motifs is 1. The van der Waals surface area contributed by atoms with Crippen LogP contribution >= 0.6 is 0 Å². The zero-order valence-corrected chi connectivity index (χ0v) is 22.5. The first kappa shape index (κ1) is 27.4. The van der Waals surface area contributed by atoms with Gasteiger partial charge in [0.2, 0.25) is 10.0 Å². The molecular weight excluding hydrogens is 478 g/mol. The van der Waals surface area contributed by atoms with Crippen molar-refractivity contribution >= 4 is 26.9 Å². The Morgan fingerprint density at radius 3 is 2.25 bits per heavy atom. The number of amides is 1. The number of carboxylic acid groups (broad SMARTS) is 1. The van der Waals surface area contributed by atoms with Crippen molar-refractivity contribution in [1.29, 1.82) is 0 Å². The van der Waals surface area contributed by atoms with Gasteiger partial charge >= 0.3 is 6.09 Å². The monoisotopic (exact) mass is 513 g/mol. The fourth-order valence-electron chi connectivity index (χ4n) is 4.26. The van der Waals surface area contributed by atoms with Crippen LogP contribution in [0.3, 0.4) is 0 Å². The molecule has 0 aliphatic heterocycles. The van der Waals surface area contributed by atoms with Crippen LogP contribution in [-0.2, 0) is 29.7 Å². The normalized spacial score (nSPS) is 12.3. The molecular formula is C27H35N3O5S. The summed E-state index contributed by atoms with van der Waals surface area (Å²) in [4.78, 5) is 27.4. The Kier molecular flexibility index (Phi) is 7.95. The fraction of sp³-hybridized carbons (Fsp3) is 0.407. The number of nitrogens with one attached hydrogen (secondary N) is 1. The van der Waals surface area contributed by atoms with Gasteiger partial charge in [0, 0.05) is 35.3 Å². The second kappa shape index (κ2) is 10.4. The number of carbonyl (C=O) groups is 1. The fourth-order valence-corrected chi connectivity index (χ4v) is 4.69. The number of benzene rings is 2. The third-order valence-electron chi connectivity index (χ3n) is 5.94. The quantitative estimate of drug-likeness (QED) is 0.456. The molecule has 0 saturated heterocycles. The van der Waals surface area contributed by atoms with Gasteiger partial charge in [0.05, 0.1) is 12.8 Å². The smallest absolute Gasteiger partial charge is 0.408 e. The zero-order chi connectivity index (χ0) is 26.8. The minimum Gasteiger partial charge on any atom is -0.465 e. The number of hydrogen-bond acceptors (Lipinski definition) is 4. The van der Waals surface area contributed by atoms with Crippen LogP contribution in [-0.4, -0.2) is 40.9 Å². The van der Waals surface area contributed by atoms with E-state index in [4.69, 9.17) is 0 Å². The van der Waals surface area contributed by atoms with Crippen LogP contribution in [0.2, 0.25) is 0 Å². The summed E-state index contributed by atoms with van der Waals surface area (Å²) in [6, 6.07) is 14.9. The molecule has 0 aliphatic carbocycles. The molecule has 1 heterocycles. The molecule has 1 aromatic heterocycles. The summed E-state index contributed by atoms with van der Waals surface area (Å²) in [6.07, 6.45) is 0.0234. The van der Waals surface area contributed by atoms with E-state index in [0.717, 1.165) is 17.4 Å². The Balaban J connectivity index is 2.42. The van der Waals surface area contributed by atoms with Crippen molar-refractivity contribution in [3.05, 3.63) is 70.1 Å². The third kappa shape index (κ3) is 6.33. The van der Waals surface area contributed by atoms with Crippen molar-refractivity contribution in [1.82, 2.24) is 14.2 Å². The molecule has 2 N–H and O–H groups in total. The highest BCUT2D eigenvalue weighted by atomic mass is 32.2. The van der Waals surface area contributed by atoms with Crippen molar-refractivity contribution in [2.45, 2.75) is 59.8 Å². The molecule has 0 atom stereocenters. The number of rotatable bonds is 8. The average molecular weight is 514 g/mol. The summed E-state index contributed by atoms with van der Waals surface area (Å²) in [6.45, 7) is 10.0. The Morgan fingerprint density at radius 1 is 1.08 bits per heavy atom. The van der Waals surface area contributed by atoms with E-state index in [1.54, 1.807) is 16.7 Å². The topological polar surface area (TPSA) is 109 Å². The van der Waals surface area contributed by atoms with Crippen molar-refractivity contribution in [2.75, 3.05) is 6.26 Å². The predicted molar refractivity (Wildman–Crippen MR) is 143 cm³/mol. The molecule has 0 spiro atoms. The van der Waals surface area contributed by atoms with E-state index in [2.05, 4.69) is 4.72 Å². The van der Waals surface area contributed by atoms with E-state index in [9.17, 15) is 23.1 Å². The molecule has 2 aromatic carbocycles. The summed E-state index contributed by atoms with van der Waals surface area (Å²) >= 11 is 0. The Bertz CT molecular complexity index is 1420. The summed E-state index contributed by atoms with van der Waals surface area (Å²) in [5.41, 5.74) is 2.02.